The van der Waals surface area contributed by atoms with Gasteiger partial charge in [0.15, 0.2) is 5.75 Å². The number of hydrazine groups is 1. The van der Waals surface area contributed by atoms with Gasteiger partial charge in [0.25, 0.3) is 0 Å². The molecule has 3 atom stereocenters. The molecular formula is C19H32ClN3O3. The number of halogens is 1. The minimum absolute atomic E-state index is 0.248. The van der Waals surface area contributed by atoms with Crippen molar-refractivity contribution >= 4 is 11.6 Å². The predicted molar refractivity (Wildman–Crippen MR) is 104 cm³/mol. The van der Waals surface area contributed by atoms with Gasteiger partial charge in [-0.15, -0.1) is 0 Å². The Kier molecular flexibility index (Phi) is 8.13. The van der Waals surface area contributed by atoms with Crippen molar-refractivity contribution in [2.45, 2.75) is 58.1 Å². The van der Waals surface area contributed by atoms with E-state index in [4.69, 9.17) is 21.5 Å². The summed E-state index contributed by atoms with van der Waals surface area (Å²) in [7, 11) is 0. The number of aliphatic hydroxyl groups excluding tert-OH is 2. The second kappa shape index (κ2) is 9.88. The normalized spacial score (nSPS) is 21.8. The van der Waals surface area contributed by atoms with E-state index >= 15 is 0 Å². The standard InChI is InChI=1S/C19H32ClN3O3/c1-19(2,3)10-14-9-13(11-21-14)16-5-4-6-17(20)18(16)26-23-22-8-7-15(25)12-24/h4-6,13-15,21-25H,7-12H2,1-3H3. The first-order valence-electron chi connectivity index (χ1n) is 9.25. The van der Waals surface area contributed by atoms with Gasteiger partial charge in [0.05, 0.1) is 17.7 Å². The zero-order valence-corrected chi connectivity index (χ0v) is 16.6. The Labute approximate surface area is 161 Å². The highest BCUT2D eigenvalue weighted by atomic mass is 35.5. The summed E-state index contributed by atoms with van der Waals surface area (Å²) in [5.74, 6) is 0.988. The van der Waals surface area contributed by atoms with Gasteiger partial charge in [-0.3, -0.25) is 0 Å². The average Bonchev–Trinajstić information content (AvgIpc) is 3.01. The minimum atomic E-state index is -0.732. The first-order chi connectivity index (χ1) is 12.3. The first kappa shape index (κ1) is 21.4. The summed E-state index contributed by atoms with van der Waals surface area (Å²) in [6.07, 6.45) is 1.88. The number of benzene rings is 1. The highest BCUT2D eigenvalue weighted by Gasteiger charge is 2.30. The quantitative estimate of drug-likeness (QED) is 0.331. The van der Waals surface area contributed by atoms with E-state index in [0.717, 1.165) is 24.9 Å². The molecule has 148 valence electrons. The van der Waals surface area contributed by atoms with Crippen molar-refractivity contribution in [1.29, 1.82) is 0 Å². The largest absolute Gasteiger partial charge is 0.394 e. The first-order valence-corrected chi connectivity index (χ1v) is 9.63. The molecule has 0 spiro atoms. The third kappa shape index (κ3) is 6.68. The Bertz CT molecular complexity index is 565. The number of aliphatic hydroxyl groups is 2. The third-order valence-electron chi connectivity index (χ3n) is 4.56. The number of rotatable bonds is 9. The van der Waals surface area contributed by atoms with Crippen LogP contribution in [0.3, 0.4) is 0 Å². The fourth-order valence-corrected chi connectivity index (χ4v) is 3.59. The summed E-state index contributed by atoms with van der Waals surface area (Å²) < 4.78 is 0. The number of nitrogens with one attached hydrogen (secondary N) is 3. The SMILES string of the molecule is CC(C)(C)CC1CC(c2cccc(Cl)c2ONNCCC(O)CO)CN1. The molecule has 1 aliphatic rings. The highest BCUT2D eigenvalue weighted by molar-refractivity contribution is 6.32. The van der Waals surface area contributed by atoms with Crippen LogP contribution >= 0.6 is 11.6 Å². The summed E-state index contributed by atoms with van der Waals surface area (Å²) in [5.41, 5.74) is 6.94. The van der Waals surface area contributed by atoms with Crippen LogP contribution in [0, 0.1) is 5.41 Å². The third-order valence-corrected chi connectivity index (χ3v) is 4.85. The molecule has 0 saturated carbocycles. The molecule has 5 N–H and O–H groups in total. The second-order valence-electron chi connectivity index (χ2n) is 8.22. The minimum Gasteiger partial charge on any atom is -0.394 e. The Morgan fingerprint density at radius 2 is 2.15 bits per heavy atom. The average molecular weight is 386 g/mol. The van der Waals surface area contributed by atoms with E-state index in [1.54, 1.807) is 0 Å². The highest BCUT2D eigenvalue weighted by Crippen LogP contribution is 2.38. The summed E-state index contributed by atoms with van der Waals surface area (Å²) in [5, 5.41) is 22.3. The molecule has 1 aromatic carbocycles. The molecule has 1 heterocycles. The fourth-order valence-electron chi connectivity index (χ4n) is 3.37. The second-order valence-corrected chi connectivity index (χ2v) is 8.62. The van der Waals surface area contributed by atoms with Crippen molar-refractivity contribution in [3.8, 4) is 5.75 Å². The molecule has 0 aromatic heterocycles. The van der Waals surface area contributed by atoms with E-state index in [1.165, 1.54) is 0 Å². The monoisotopic (exact) mass is 385 g/mol. The van der Waals surface area contributed by atoms with Gasteiger partial charge in [0.1, 0.15) is 0 Å². The van der Waals surface area contributed by atoms with E-state index in [1.807, 2.05) is 12.1 Å². The van der Waals surface area contributed by atoms with E-state index < -0.39 is 6.10 Å². The van der Waals surface area contributed by atoms with Gasteiger partial charge < -0.3 is 20.4 Å². The van der Waals surface area contributed by atoms with E-state index in [-0.39, 0.29) is 6.61 Å². The lowest BCUT2D eigenvalue weighted by Gasteiger charge is -2.23. The number of hydrogen-bond acceptors (Lipinski definition) is 6. The molecule has 7 heteroatoms. The maximum absolute atomic E-state index is 9.32. The fraction of sp³-hybridized carbons (Fsp3) is 0.684. The van der Waals surface area contributed by atoms with Crippen molar-refractivity contribution in [3.63, 3.8) is 0 Å². The smallest absolute Gasteiger partial charge is 0.171 e. The Balaban J connectivity index is 1.92. The lowest BCUT2D eigenvalue weighted by molar-refractivity contribution is 0.0795. The molecule has 0 amide bonds. The molecule has 1 saturated heterocycles. The van der Waals surface area contributed by atoms with Gasteiger partial charge in [-0.25, -0.2) is 5.43 Å². The van der Waals surface area contributed by atoms with Gasteiger partial charge in [0.2, 0.25) is 0 Å². The van der Waals surface area contributed by atoms with Crippen molar-refractivity contribution < 1.29 is 15.1 Å². The molecule has 0 radical (unpaired) electrons. The van der Waals surface area contributed by atoms with Crippen LogP contribution in [-0.2, 0) is 0 Å². The van der Waals surface area contributed by atoms with Gasteiger partial charge in [-0.2, -0.15) is 0 Å². The molecule has 1 aliphatic heterocycles. The summed E-state index contributed by atoms with van der Waals surface area (Å²) in [4.78, 5) is 5.67. The Hall–Kier alpha value is -0.890. The molecule has 0 aliphatic carbocycles. The lowest BCUT2D eigenvalue weighted by Crippen LogP contribution is -2.37. The lowest BCUT2D eigenvalue weighted by atomic mass is 9.85. The van der Waals surface area contributed by atoms with E-state index in [9.17, 15) is 5.11 Å². The predicted octanol–water partition coefficient (Wildman–Crippen LogP) is 2.35. The van der Waals surface area contributed by atoms with E-state index in [2.05, 4.69) is 43.2 Å². The number of hydrogen-bond donors (Lipinski definition) is 5. The molecule has 3 unspecified atom stereocenters. The maximum Gasteiger partial charge on any atom is 0.171 e. The van der Waals surface area contributed by atoms with Crippen molar-refractivity contribution in [2.75, 3.05) is 19.7 Å². The summed E-state index contributed by atoms with van der Waals surface area (Å²) >= 11 is 6.35. The topological polar surface area (TPSA) is 85.8 Å². The zero-order chi connectivity index (χ0) is 19.2. The molecule has 1 aromatic rings. The van der Waals surface area contributed by atoms with Gasteiger partial charge in [0, 0.05) is 30.6 Å². The summed E-state index contributed by atoms with van der Waals surface area (Å²) in [6.45, 7) is 7.91. The van der Waals surface area contributed by atoms with Crippen LogP contribution < -0.4 is 21.2 Å². The van der Waals surface area contributed by atoms with Gasteiger partial charge >= 0.3 is 0 Å². The molecule has 1 fully saturated rings. The maximum atomic E-state index is 9.32. The zero-order valence-electron chi connectivity index (χ0n) is 15.9. The van der Waals surface area contributed by atoms with Crippen LogP contribution in [-0.4, -0.2) is 42.1 Å². The van der Waals surface area contributed by atoms with Crippen molar-refractivity contribution in [3.05, 3.63) is 28.8 Å². The van der Waals surface area contributed by atoms with Gasteiger partial charge in [-0.05, 0) is 30.7 Å². The van der Waals surface area contributed by atoms with Crippen LogP contribution in [0.1, 0.15) is 51.5 Å². The van der Waals surface area contributed by atoms with Crippen LogP contribution in [0.4, 0.5) is 0 Å². The molecule has 2 rings (SSSR count). The van der Waals surface area contributed by atoms with E-state index in [0.29, 0.717) is 41.1 Å². The van der Waals surface area contributed by atoms with Gasteiger partial charge in [-0.1, -0.05) is 50.1 Å². The van der Waals surface area contributed by atoms with Crippen LogP contribution in [0.5, 0.6) is 5.75 Å². The van der Waals surface area contributed by atoms with Crippen molar-refractivity contribution in [1.82, 2.24) is 16.3 Å². The summed E-state index contributed by atoms with van der Waals surface area (Å²) in [6, 6.07) is 6.32. The molecule has 0 bridgehead atoms. The molecule has 6 nitrogen and oxygen atoms in total. The molecule has 26 heavy (non-hydrogen) atoms. The van der Waals surface area contributed by atoms with Crippen molar-refractivity contribution in [2.24, 2.45) is 5.41 Å². The van der Waals surface area contributed by atoms with Crippen LogP contribution in [0.15, 0.2) is 18.2 Å². The Morgan fingerprint density at radius 1 is 1.38 bits per heavy atom. The molecular weight excluding hydrogens is 354 g/mol. The van der Waals surface area contributed by atoms with Crippen LogP contribution in [0.2, 0.25) is 5.02 Å². The van der Waals surface area contributed by atoms with Crippen LogP contribution in [0.25, 0.3) is 0 Å². The number of para-hydroxylation sites is 1. The Morgan fingerprint density at radius 3 is 2.85 bits per heavy atom.